The highest BCUT2D eigenvalue weighted by atomic mass is 32.1. The number of piperidine rings is 1. The fourth-order valence-corrected chi connectivity index (χ4v) is 13.6. The summed E-state index contributed by atoms with van der Waals surface area (Å²) in [6.07, 6.45) is 7.63. The van der Waals surface area contributed by atoms with E-state index >= 15 is 0 Å². The number of pyridine rings is 1. The molecule has 6 aliphatic rings. The second kappa shape index (κ2) is 23.5. The molecule has 5 N–H and O–H groups in total. The molecule has 1 saturated carbocycles. The summed E-state index contributed by atoms with van der Waals surface area (Å²) in [5, 5.41) is 37.2. The number of aliphatic hydroxyl groups is 1. The molecule has 5 saturated heterocycles. The molecule has 6 fully saturated rings. The van der Waals surface area contributed by atoms with E-state index in [-0.39, 0.29) is 66.9 Å². The first-order chi connectivity index (χ1) is 39.3. The minimum absolute atomic E-state index is 0.0709. The van der Waals surface area contributed by atoms with Crippen LogP contribution in [-0.4, -0.2) is 165 Å². The van der Waals surface area contributed by atoms with Crippen LogP contribution in [0.4, 0.5) is 23.0 Å². The van der Waals surface area contributed by atoms with Crippen molar-refractivity contribution in [1.82, 2.24) is 40.4 Å². The van der Waals surface area contributed by atoms with Crippen molar-refractivity contribution in [3.63, 3.8) is 0 Å². The Labute approximate surface area is 476 Å². The molecule has 428 valence electrons. The molecular weight excluding hydrogens is 1050 g/mol. The van der Waals surface area contributed by atoms with E-state index in [1.54, 1.807) is 23.5 Å². The van der Waals surface area contributed by atoms with Crippen molar-refractivity contribution in [1.29, 1.82) is 0 Å². The Hall–Kier alpha value is -6.91. The summed E-state index contributed by atoms with van der Waals surface area (Å²) in [5.74, 6) is 0.924. The molecule has 5 aliphatic heterocycles. The van der Waals surface area contributed by atoms with Gasteiger partial charge >= 0.3 is 0 Å². The van der Waals surface area contributed by atoms with E-state index in [4.69, 9.17) is 24.5 Å². The van der Waals surface area contributed by atoms with Crippen LogP contribution < -0.4 is 30.5 Å². The number of nitrogens with one attached hydrogen (secondary N) is 1. The summed E-state index contributed by atoms with van der Waals surface area (Å²) < 4.78 is 25.2. The van der Waals surface area contributed by atoms with Crippen molar-refractivity contribution < 1.29 is 38.5 Å². The summed E-state index contributed by atoms with van der Waals surface area (Å²) >= 11 is 1.60. The standard InChI is InChI=1S/C60H74N12O8S/c1-35(2)56(60(76)71-31-43(73)24-51(71)59(75)64-36(3)38-9-11-39(12-10-38)57-37(4)63-34-81-57)53-28-54(67-80-53)70-32-47(33-70)77-22-21-68-19-16-44(17-20-68)78-45-25-46(26-45)79-55-23-40(15-18-62-55)72-41-13-14-42(72)30-69(29-41)50-27-49(65-66-58(50)61)48-7-5-6-8-52(48)74/h5-12,15,18,23,27-28,34-36,41-47,51,56,73-74H,13-14,16-17,19-22,24-26,29-33H2,1-4H3,(H2,61,66)(H,64,75)/t36-,41+,42?,43+,45?,46?,51-,56+/m0/s1. The number of para-hydroxylation sites is 1. The molecule has 12 rings (SSSR count). The Bertz CT molecular complexity index is 3140. The van der Waals surface area contributed by atoms with Crippen LogP contribution in [0.25, 0.3) is 21.7 Å². The number of aromatic nitrogens is 5. The molecule has 0 radical (unpaired) electrons. The molecule has 21 heteroatoms. The van der Waals surface area contributed by atoms with Crippen molar-refractivity contribution in [3.05, 3.63) is 102 Å². The zero-order valence-corrected chi connectivity index (χ0v) is 47.4. The molecule has 2 amide bonds. The van der Waals surface area contributed by atoms with Crippen molar-refractivity contribution in [3.8, 4) is 33.3 Å². The number of aliphatic hydroxyl groups excluding tert-OH is 1. The zero-order chi connectivity index (χ0) is 55.9. The van der Waals surface area contributed by atoms with Crippen LogP contribution in [0.1, 0.15) is 94.7 Å². The minimum atomic E-state index is -0.812. The Morgan fingerprint density at radius 3 is 2.35 bits per heavy atom. The smallest absolute Gasteiger partial charge is 0.243 e. The number of thiazole rings is 1. The Kier molecular flexibility index (Phi) is 15.9. The van der Waals surface area contributed by atoms with Gasteiger partial charge < -0.3 is 64.5 Å². The SMILES string of the molecule is Cc1ncsc1-c1ccc([C@H](C)NC(=O)[C@@H]2C[C@@H](O)CN2C(=O)[C@@H](c2cc(N3CC(OCCN4CCC(OC5CC(Oc6cc(N7C8CC[C@@H]7CN(c7cc(-c9ccccc9O)nnc7N)C8)ccn6)C5)CC4)C3)no2)C(C)C)cc1. The van der Waals surface area contributed by atoms with Crippen molar-refractivity contribution >= 4 is 46.2 Å². The number of rotatable bonds is 19. The van der Waals surface area contributed by atoms with Gasteiger partial charge in [0, 0.05) is 113 Å². The molecule has 81 heavy (non-hydrogen) atoms. The van der Waals surface area contributed by atoms with Gasteiger partial charge in [-0.3, -0.25) is 9.59 Å². The lowest BCUT2D eigenvalue weighted by Gasteiger charge is -2.43. The number of carbonyl (C=O) groups excluding carboxylic acids is 2. The van der Waals surface area contributed by atoms with Gasteiger partial charge in [-0.1, -0.05) is 55.4 Å². The molecule has 2 bridgehead atoms. The summed E-state index contributed by atoms with van der Waals surface area (Å²) in [5.41, 5.74) is 14.4. The number of hydrogen-bond acceptors (Lipinski definition) is 19. The number of phenolic OH excluding ortho intramolecular Hbond substituents is 1. The maximum absolute atomic E-state index is 14.3. The predicted molar refractivity (Wildman–Crippen MR) is 308 cm³/mol. The molecular formula is C60H74N12O8S. The molecule has 6 atom stereocenters. The van der Waals surface area contributed by atoms with Gasteiger partial charge in [0.15, 0.2) is 17.4 Å². The van der Waals surface area contributed by atoms with Gasteiger partial charge in [0.2, 0.25) is 17.7 Å². The first kappa shape index (κ1) is 54.7. The summed E-state index contributed by atoms with van der Waals surface area (Å²) in [7, 11) is 0. The third-order valence-corrected chi connectivity index (χ3v) is 18.4. The van der Waals surface area contributed by atoms with Gasteiger partial charge in [-0.25, -0.2) is 9.97 Å². The number of aromatic hydroxyl groups is 1. The number of amides is 2. The number of nitrogen functional groups attached to an aromatic ring is 1. The van der Waals surface area contributed by atoms with Crippen LogP contribution in [0.5, 0.6) is 11.6 Å². The van der Waals surface area contributed by atoms with E-state index < -0.39 is 18.1 Å². The number of benzene rings is 2. The number of fused-ring (bicyclic) bond motifs is 2. The monoisotopic (exact) mass is 1120 g/mol. The number of aryl methyl sites for hydroxylation is 1. The first-order valence-corrected chi connectivity index (χ1v) is 29.7. The molecule has 4 aromatic heterocycles. The number of β-amino-alcohol motifs (C(OH)–C–C–N with tert-alkyl or cyclic N) is 1. The van der Waals surface area contributed by atoms with Gasteiger partial charge in [-0.2, -0.15) is 0 Å². The molecule has 9 heterocycles. The van der Waals surface area contributed by atoms with E-state index in [0.29, 0.717) is 66.3 Å². The number of ether oxygens (including phenoxy) is 3. The second-order valence-corrected chi connectivity index (χ2v) is 24.2. The largest absolute Gasteiger partial charge is 0.507 e. The summed E-state index contributed by atoms with van der Waals surface area (Å²) in [4.78, 5) is 49.1. The summed E-state index contributed by atoms with van der Waals surface area (Å²) in [6, 6.07) is 22.7. The van der Waals surface area contributed by atoms with Gasteiger partial charge in [-0.05, 0) is 80.8 Å². The average Bonchev–Trinajstić information content (AvgIpc) is 4.28. The fraction of sp³-hybridized carbons (Fsp3) is 0.517. The topological polar surface area (TPSA) is 234 Å². The third-order valence-electron chi connectivity index (χ3n) is 17.4. The van der Waals surface area contributed by atoms with E-state index in [2.05, 4.69) is 62.4 Å². The molecule has 1 aliphatic carbocycles. The van der Waals surface area contributed by atoms with Gasteiger partial charge in [0.1, 0.15) is 23.8 Å². The van der Waals surface area contributed by atoms with Crippen LogP contribution in [0.15, 0.2) is 89.0 Å². The highest BCUT2D eigenvalue weighted by molar-refractivity contribution is 7.13. The Morgan fingerprint density at radius 1 is 0.852 bits per heavy atom. The van der Waals surface area contributed by atoms with Gasteiger partial charge in [0.25, 0.3) is 0 Å². The molecule has 6 aromatic rings. The van der Waals surface area contributed by atoms with Crippen LogP contribution >= 0.6 is 11.3 Å². The highest BCUT2D eigenvalue weighted by Gasteiger charge is 2.45. The van der Waals surface area contributed by atoms with Crippen molar-refractivity contribution in [2.24, 2.45) is 5.92 Å². The van der Waals surface area contributed by atoms with Crippen molar-refractivity contribution in [2.75, 3.05) is 79.4 Å². The number of hydrogen-bond donors (Lipinski definition) is 4. The lowest BCUT2D eigenvalue weighted by Crippen LogP contribution is -2.54. The number of piperazine rings is 1. The van der Waals surface area contributed by atoms with E-state index in [9.17, 15) is 19.8 Å². The number of nitrogens with two attached hydrogens (primary N) is 1. The van der Waals surface area contributed by atoms with Crippen LogP contribution in [0, 0.1) is 12.8 Å². The Balaban J connectivity index is 0.545. The van der Waals surface area contributed by atoms with Crippen molar-refractivity contribution in [2.45, 2.75) is 133 Å². The lowest BCUT2D eigenvalue weighted by molar-refractivity contribution is -0.141. The fourth-order valence-electron chi connectivity index (χ4n) is 12.8. The normalized spacial score (nSPS) is 24.1. The molecule has 2 aromatic carbocycles. The van der Waals surface area contributed by atoms with E-state index in [1.165, 1.54) is 4.90 Å². The quantitative estimate of drug-likeness (QED) is 0.0640. The minimum Gasteiger partial charge on any atom is -0.507 e. The second-order valence-electron chi connectivity index (χ2n) is 23.3. The van der Waals surface area contributed by atoms with Gasteiger partial charge in [0.05, 0.1) is 64.5 Å². The summed E-state index contributed by atoms with van der Waals surface area (Å²) in [6.45, 7) is 14.3. The van der Waals surface area contributed by atoms with Crippen LogP contribution in [0.3, 0.4) is 0 Å². The van der Waals surface area contributed by atoms with Crippen LogP contribution in [-0.2, 0) is 19.1 Å². The van der Waals surface area contributed by atoms with Crippen LogP contribution in [0.2, 0.25) is 0 Å². The van der Waals surface area contributed by atoms with E-state index in [0.717, 1.165) is 104 Å². The lowest BCUT2D eigenvalue weighted by atomic mass is 9.91. The number of carbonyl (C=O) groups is 2. The number of nitrogens with zero attached hydrogens (tertiary/aromatic N) is 10. The number of phenols is 1. The molecule has 0 spiro atoms. The number of likely N-dealkylation sites (tertiary alicyclic amines) is 2. The van der Waals surface area contributed by atoms with Gasteiger partial charge in [-0.15, -0.1) is 21.5 Å². The molecule has 20 nitrogen and oxygen atoms in total. The predicted octanol–water partition coefficient (Wildman–Crippen LogP) is 6.98. The molecule has 1 unspecified atom stereocenters. The Morgan fingerprint density at radius 2 is 1.62 bits per heavy atom. The maximum Gasteiger partial charge on any atom is 0.243 e. The number of anilines is 4. The average molecular weight is 1120 g/mol. The first-order valence-electron chi connectivity index (χ1n) is 28.9. The maximum atomic E-state index is 14.3. The van der Waals surface area contributed by atoms with E-state index in [1.807, 2.05) is 87.9 Å². The highest BCUT2D eigenvalue weighted by Crippen LogP contribution is 2.41. The third kappa shape index (κ3) is 11.8. The zero-order valence-electron chi connectivity index (χ0n) is 46.5.